The number of fused-ring (bicyclic) bond motifs is 1. The Morgan fingerprint density at radius 3 is 2.62 bits per heavy atom. The average Bonchev–Trinajstić information content (AvgIpc) is 3.03. The molecule has 0 spiro atoms. The number of aromatic amines is 1. The maximum absolute atomic E-state index is 12.3. The Balaban J connectivity index is 1.62. The van der Waals surface area contributed by atoms with Gasteiger partial charge in [0.25, 0.3) is 5.91 Å². The minimum atomic E-state index is -3.68. The summed E-state index contributed by atoms with van der Waals surface area (Å²) in [5.41, 5.74) is 2.85. The van der Waals surface area contributed by atoms with Crippen molar-refractivity contribution in [2.45, 2.75) is 11.3 Å². The Hall–Kier alpha value is -2.71. The van der Waals surface area contributed by atoms with E-state index >= 15 is 0 Å². The summed E-state index contributed by atoms with van der Waals surface area (Å²) in [6, 6.07) is 11.6. The lowest BCUT2D eigenvalue weighted by molar-refractivity contribution is 0.0955. The van der Waals surface area contributed by atoms with Gasteiger partial charge >= 0.3 is 0 Å². The predicted molar refractivity (Wildman–Crippen MR) is 89.9 cm³/mol. The Bertz CT molecular complexity index is 978. The van der Waals surface area contributed by atoms with Crippen LogP contribution in [0, 0.1) is 0 Å². The number of hydrogen-bond donors (Lipinski definition) is 3. The molecule has 0 atom stereocenters. The molecule has 0 bridgehead atoms. The Labute approximate surface area is 139 Å². The van der Waals surface area contributed by atoms with Crippen molar-refractivity contribution in [3.8, 4) is 0 Å². The number of benzene rings is 2. The zero-order valence-corrected chi connectivity index (χ0v) is 13.5. The normalized spacial score (nSPS) is 11.5. The third-order valence-electron chi connectivity index (χ3n) is 3.65. The van der Waals surface area contributed by atoms with Crippen LogP contribution in [0.25, 0.3) is 11.0 Å². The van der Waals surface area contributed by atoms with Crippen LogP contribution in [-0.2, 0) is 16.4 Å². The first-order valence-electron chi connectivity index (χ1n) is 7.27. The molecule has 24 heavy (non-hydrogen) atoms. The highest BCUT2D eigenvalue weighted by Crippen LogP contribution is 2.14. The molecule has 0 saturated heterocycles. The summed E-state index contributed by atoms with van der Waals surface area (Å²) >= 11 is 0. The molecule has 0 aliphatic carbocycles. The SMILES string of the molecule is NS(=O)(=O)c1ccc(CCNC(=O)c2cccc3[nH]cnc23)cc1. The van der Waals surface area contributed by atoms with Crippen molar-refractivity contribution in [3.63, 3.8) is 0 Å². The van der Waals surface area contributed by atoms with Gasteiger partial charge in [0, 0.05) is 6.54 Å². The van der Waals surface area contributed by atoms with Gasteiger partial charge in [0.1, 0.15) is 5.52 Å². The number of aromatic nitrogens is 2. The average molecular weight is 344 g/mol. The third kappa shape index (κ3) is 3.44. The lowest BCUT2D eigenvalue weighted by Gasteiger charge is -2.06. The zero-order valence-electron chi connectivity index (χ0n) is 12.7. The number of nitrogens with two attached hydrogens (primary N) is 1. The number of primary sulfonamides is 1. The molecule has 4 N–H and O–H groups in total. The Kier molecular flexibility index (Phi) is 4.32. The van der Waals surface area contributed by atoms with E-state index in [9.17, 15) is 13.2 Å². The second kappa shape index (κ2) is 6.42. The Morgan fingerprint density at radius 2 is 1.92 bits per heavy atom. The molecule has 0 unspecified atom stereocenters. The fourth-order valence-electron chi connectivity index (χ4n) is 2.41. The van der Waals surface area contributed by atoms with Crippen molar-refractivity contribution in [2.24, 2.45) is 5.14 Å². The summed E-state index contributed by atoms with van der Waals surface area (Å²) in [5, 5.41) is 7.89. The molecule has 0 radical (unpaired) electrons. The molecule has 3 aromatic rings. The monoisotopic (exact) mass is 344 g/mol. The maximum Gasteiger partial charge on any atom is 0.253 e. The molecule has 1 heterocycles. The van der Waals surface area contributed by atoms with Gasteiger partial charge in [-0.25, -0.2) is 18.5 Å². The first-order valence-corrected chi connectivity index (χ1v) is 8.82. The number of para-hydroxylation sites is 1. The number of hydrogen-bond acceptors (Lipinski definition) is 4. The van der Waals surface area contributed by atoms with E-state index in [1.165, 1.54) is 12.1 Å². The van der Waals surface area contributed by atoms with Crippen LogP contribution < -0.4 is 10.5 Å². The molecule has 0 aliphatic rings. The van der Waals surface area contributed by atoms with Crippen molar-refractivity contribution in [1.82, 2.24) is 15.3 Å². The number of amides is 1. The van der Waals surface area contributed by atoms with Crippen molar-refractivity contribution in [2.75, 3.05) is 6.54 Å². The van der Waals surface area contributed by atoms with Crippen LogP contribution in [0.1, 0.15) is 15.9 Å². The van der Waals surface area contributed by atoms with Crippen LogP contribution in [0.15, 0.2) is 53.7 Å². The van der Waals surface area contributed by atoms with E-state index in [1.807, 2.05) is 6.07 Å². The smallest absolute Gasteiger partial charge is 0.253 e. The molecule has 124 valence electrons. The summed E-state index contributed by atoms with van der Waals surface area (Å²) < 4.78 is 22.4. The number of carbonyl (C=O) groups excluding carboxylic acids is 1. The largest absolute Gasteiger partial charge is 0.352 e. The zero-order chi connectivity index (χ0) is 17.2. The van der Waals surface area contributed by atoms with Crippen LogP contribution >= 0.6 is 0 Å². The fraction of sp³-hybridized carbons (Fsp3) is 0.125. The molecule has 2 aromatic carbocycles. The standard InChI is InChI=1S/C16H16N4O3S/c17-24(22,23)12-6-4-11(5-7-12)8-9-18-16(21)13-2-1-3-14-15(13)20-10-19-14/h1-7,10H,8-9H2,(H,18,21)(H,19,20)(H2,17,22,23). The minimum Gasteiger partial charge on any atom is -0.352 e. The van der Waals surface area contributed by atoms with Gasteiger partial charge in [-0.3, -0.25) is 4.79 Å². The third-order valence-corrected chi connectivity index (χ3v) is 4.57. The van der Waals surface area contributed by atoms with E-state index in [1.54, 1.807) is 30.6 Å². The topological polar surface area (TPSA) is 118 Å². The first kappa shape index (κ1) is 16.2. The quantitative estimate of drug-likeness (QED) is 0.644. The van der Waals surface area contributed by atoms with Crippen LogP contribution in [0.2, 0.25) is 0 Å². The summed E-state index contributed by atoms with van der Waals surface area (Å²) in [6.45, 7) is 0.425. The minimum absolute atomic E-state index is 0.0699. The van der Waals surface area contributed by atoms with Gasteiger partial charge in [-0.05, 0) is 36.2 Å². The second-order valence-electron chi connectivity index (χ2n) is 5.30. The highest BCUT2D eigenvalue weighted by Gasteiger charge is 2.11. The summed E-state index contributed by atoms with van der Waals surface area (Å²) in [4.78, 5) is 19.5. The van der Waals surface area contributed by atoms with E-state index < -0.39 is 10.0 Å². The van der Waals surface area contributed by atoms with Crippen LogP contribution in [-0.4, -0.2) is 30.8 Å². The van der Waals surface area contributed by atoms with E-state index in [2.05, 4.69) is 15.3 Å². The fourth-order valence-corrected chi connectivity index (χ4v) is 2.93. The lowest BCUT2D eigenvalue weighted by Crippen LogP contribution is -2.26. The molecule has 7 nitrogen and oxygen atoms in total. The van der Waals surface area contributed by atoms with Gasteiger partial charge in [-0.1, -0.05) is 18.2 Å². The van der Waals surface area contributed by atoms with E-state index in [4.69, 9.17) is 5.14 Å². The van der Waals surface area contributed by atoms with Gasteiger partial charge in [0.2, 0.25) is 10.0 Å². The summed E-state index contributed by atoms with van der Waals surface area (Å²) in [7, 11) is -3.68. The Morgan fingerprint density at radius 1 is 1.17 bits per heavy atom. The molecule has 3 rings (SSSR count). The number of H-pyrrole nitrogens is 1. The second-order valence-corrected chi connectivity index (χ2v) is 6.86. The maximum atomic E-state index is 12.3. The highest BCUT2D eigenvalue weighted by atomic mass is 32.2. The molecule has 0 fully saturated rings. The lowest BCUT2D eigenvalue weighted by atomic mass is 10.1. The van der Waals surface area contributed by atoms with E-state index in [-0.39, 0.29) is 10.8 Å². The molecule has 0 aliphatic heterocycles. The number of carbonyl (C=O) groups is 1. The van der Waals surface area contributed by atoms with E-state index in [0.717, 1.165) is 11.1 Å². The molecular formula is C16H16N4O3S. The van der Waals surface area contributed by atoms with Gasteiger partial charge in [0.05, 0.1) is 22.3 Å². The molecule has 8 heteroatoms. The number of imidazole rings is 1. The molecule has 1 aromatic heterocycles. The number of nitrogens with zero attached hydrogens (tertiary/aromatic N) is 1. The van der Waals surface area contributed by atoms with Crippen molar-refractivity contribution < 1.29 is 13.2 Å². The van der Waals surface area contributed by atoms with Crippen LogP contribution in [0.3, 0.4) is 0 Å². The number of sulfonamides is 1. The summed E-state index contributed by atoms with van der Waals surface area (Å²) in [6.07, 6.45) is 2.13. The van der Waals surface area contributed by atoms with E-state index in [0.29, 0.717) is 24.0 Å². The molecule has 1 amide bonds. The predicted octanol–water partition coefficient (Wildman–Crippen LogP) is 1.18. The van der Waals surface area contributed by atoms with Crippen molar-refractivity contribution in [1.29, 1.82) is 0 Å². The van der Waals surface area contributed by atoms with Gasteiger partial charge < -0.3 is 10.3 Å². The first-order chi connectivity index (χ1) is 11.4. The summed E-state index contributed by atoms with van der Waals surface area (Å²) in [5.74, 6) is -0.200. The van der Waals surface area contributed by atoms with Gasteiger partial charge in [-0.2, -0.15) is 0 Å². The van der Waals surface area contributed by atoms with Crippen LogP contribution in [0.5, 0.6) is 0 Å². The highest BCUT2D eigenvalue weighted by molar-refractivity contribution is 7.89. The van der Waals surface area contributed by atoms with Crippen molar-refractivity contribution in [3.05, 3.63) is 59.9 Å². The van der Waals surface area contributed by atoms with Crippen molar-refractivity contribution >= 4 is 27.0 Å². The van der Waals surface area contributed by atoms with Gasteiger partial charge in [0.15, 0.2) is 0 Å². The number of nitrogens with one attached hydrogen (secondary N) is 2. The number of rotatable bonds is 5. The van der Waals surface area contributed by atoms with Crippen LogP contribution in [0.4, 0.5) is 0 Å². The van der Waals surface area contributed by atoms with Gasteiger partial charge in [-0.15, -0.1) is 0 Å². The molecule has 0 saturated carbocycles. The molecular weight excluding hydrogens is 328 g/mol.